The summed E-state index contributed by atoms with van der Waals surface area (Å²) in [4.78, 5) is 124. The van der Waals surface area contributed by atoms with Crippen molar-refractivity contribution in [3.8, 4) is 70.1 Å². The zero-order chi connectivity index (χ0) is 104. The number of nitrogens with zero attached hydrogens (tertiary/aromatic N) is 11. The van der Waals surface area contributed by atoms with Crippen LogP contribution in [0.2, 0.25) is 5.02 Å². The lowest BCUT2D eigenvalue weighted by Crippen LogP contribution is -2.11. The fraction of sp³-hybridized carbons (Fsp3) is 0.0935. The van der Waals surface area contributed by atoms with Gasteiger partial charge in [-0.15, -0.1) is 56.7 Å². The van der Waals surface area contributed by atoms with Crippen molar-refractivity contribution < 1.29 is 47.7 Å². The normalized spacial score (nSPS) is 10.6. The van der Waals surface area contributed by atoms with Crippen LogP contribution in [0.4, 0.5) is 85.4 Å². The molecule has 10 heterocycles. The zero-order valence-corrected chi connectivity index (χ0v) is 89.6. The van der Waals surface area contributed by atoms with Gasteiger partial charge in [0, 0.05) is 88.8 Å². The molecule has 0 saturated heterocycles. The van der Waals surface area contributed by atoms with E-state index < -0.39 is 0 Å². The average molecular weight is 2190 g/mol. The highest BCUT2D eigenvalue weighted by Crippen LogP contribution is 2.44. The van der Waals surface area contributed by atoms with Gasteiger partial charge in [-0.1, -0.05) is 202 Å². The largest absolute Gasteiger partial charge is 0.619 e. The van der Waals surface area contributed by atoms with Gasteiger partial charge >= 0.3 is 0 Å². The number of aryl methyl sites for hydroxylation is 5. The van der Waals surface area contributed by atoms with Gasteiger partial charge in [0.05, 0.1) is 119 Å². The molecular formula is C107H90ClN21O10S10. The maximum absolute atomic E-state index is 12.4. The molecule has 5 amide bonds. The quantitative estimate of drug-likeness (QED) is 0.00634. The molecule has 750 valence electrons. The van der Waals surface area contributed by atoms with E-state index >= 15 is 0 Å². The predicted molar refractivity (Wildman–Crippen MR) is 610 cm³/mol. The number of nitrogens with one attached hydrogen (secondary N) is 10. The van der Waals surface area contributed by atoms with Crippen LogP contribution in [0.15, 0.2) is 294 Å². The van der Waals surface area contributed by atoms with Crippen LogP contribution in [0.3, 0.4) is 0 Å². The number of ether oxygens (including phenoxy) is 3. The minimum absolute atomic E-state index is 0.0174. The molecule has 31 nitrogen and oxygen atoms in total. The Morgan fingerprint density at radius 1 is 0.315 bits per heavy atom. The lowest BCUT2D eigenvalue weighted by molar-refractivity contribution is -0.349. The van der Waals surface area contributed by atoms with Crippen molar-refractivity contribution in [2.24, 2.45) is 0 Å². The predicted octanol–water partition coefficient (Wildman–Crippen LogP) is 29.0. The summed E-state index contributed by atoms with van der Waals surface area (Å²) in [5, 5.41) is 58.7. The number of anilines is 15. The van der Waals surface area contributed by atoms with Crippen molar-refractivity contribution in [1.82, 2.24) is 49.8 Å². The van der Waals surface area contributed by atoms with Crippen molar-refractivity contribution in [3.63, 3.8) is 0 Å². The molecule has 0 unspecified atom stereocenters. The molecule has 0 saturated carbocycles. The number of para-hydroxylation sites is 4. The van der Waals surface area contributed by atoms with E-state index in [2.05, 4.69) is 105 Å². The van der Waals surface area contributed by atoms with E-state index in [0.29, 0.717) is 102 Å². The Morgan fingerprint density at radius 2 is 0.591 bits per heavy atom. The van der Waals surface area contributed by atoms with E-state index in [4.69, 9.17) is 30.8 Å². The molecule has 149 heavy (non-hydrogen) atoms. The van der Waals surface area contributed by atoms with Crippen LogP contribution in [0.25, 0.3) is 52.9 Å². The van der Waals surface area contributed by atoms with Crippen LogP contribution in [-0.2, 0) is 0 Å². The fourth-order valence-corrected chi connectivity index (χ4v) is 22.7. The number of carbonyl (C=O) groups excluding carboxylic acids is 6. The Labute approximate surface area is 900 Å². The van der Waals surface area contributed by atoms with E-state index in [1.165, 1.54) is 113 Å². The van der Waals surface area contributed by atoms with E-state index in [1.54, 1.807) is 130 Å². The van der Waals surface area contributed by atoms with Crippen molar-refractivity contribution in [3.05, 3.63) is 366 Å². The average Bonchev–Trinajstić information content (AvgIpc) is 1.69. The van der Waals surface area contributed by atoms with Gasteiger partial charge < -0.3 is 46.0 Å². The lowest BCUT2D eigenvalue weighted by atomic mass is 10.1. The zero-order valence-electron chi connectivity index (χ0n) is 80.7. The first-order valence-electron chi connectivity index (χ1n) is 45.3. The number of Topliss-reactive ketones (excluding diaryl/α,β-unsaturated/α-hetero) is 1. The number of methoxy groups -OCH3 is 2. The molecule has 0 aliphatic rings. The highest BCUT2D eigenvalue weighted by molar-refractivity contribution is 7.22. The summed E-state index contributed by atoms with van der Waals surface area (Å²) in [6.45, 7) is 17.0. The molecule has 0 radical (unpaired) electrons. The summed E-state index contributed by atoms with van der Waals surface area (Å²) in [6.07, 6.45) is 0. The topological polar surface area (TPSA) is 405 Å². The molecule has 20 rings (SSSR count). The second-order valence-corrected chi connectivity index (χ2v) is 41.3. The lowest BCUT2D eigenvalue weighted by Gasteiger charge is -2.09. The third-order valence-corrected chi connectivity index (χ3v) is 30.5. The first kappa shape index (κ1) is 105. The first-order chi connectivity index (χ1) is 72.3. The van der Waals surface area contributed by atoms with Crippen molar-refractivity contribution >= 4 is 252 Å². The van der Waals surface area contributed by atoms with Gasteiger partial charge in [-0.05, 0) is 170 Å². The minimum Gasteiger partial charge on any atom is -0.619 e. The maximum Gasteiger partial charge on any atom is 0.257 e. The van der Waals surface area contributed by atoms with Gasteiger partial charge in [-0.3, -0.25) is 55.4 Å². The van der Waals surface area contributed by atoms with Crippen molar-refractivity contribution in [2.45, 2.75) is 48.5 Å². The summed E-state index contributed by atoms with van der Waals surface area (Å²) >= 11 is 20.5. The van der Waals surface area contributed by atoms with Crippen LogP contribution in [-0.4, -0.2) is 117 Å². The summed E-state index contributed by atoms with van der Waals surface area (Å²) in [6, 6.07) is 80.4. The molecule has 0 spiro atoms. The molecule has 0 fully saturated rings. The molecule has 0 aliphatic carbocycles. The number of amides is 5. The number of thiazole rings is 10. The van der Waals surface area contributed by atoms with E-state index in [1.807, 2.05) is 226 Å². The number of hydrogen-bond acceptors (Lipinski definition) is 35. The van der Waals surface area contributed by atoms with Gasteiger partial charge in [0.25, 0.3) is 29.5 Å². The molecule has 0 aliphatic heterocycles. The molecule has 10 aromatic carbocycles. The third-order valence-electron chi connectivity index (χ3n) is 21.0. The van der Waals surface area contributed by atoms with E-state index in [-0.39, 0.29) is 35.3 Å². The Bertz CT molecular complexity index is 7900. The number of benzene rings is 10. The molecule has 0 bridgehead atoms. The number of ketones is 1. The first-order valence-corrected chi connectivity index (χ1v) is 54.2. The standard InChI is InChI=1S/C22H18N4O2S2.C22H20N4O2S2.C21H17ClN4O2S2.C21H17N5O2S2.C21H18N4O2S2/c1-13-19(30-22(23-13)26-20(28)15-7-4-3-5-8-15)18-12-29-21(25-18)24-17-10-6-9-16(11-17)14(2)27;1-3-28-18-12-8-7-11-16(18)24-21-25-17(13-29-21)19-14(2)23-22(30-19)26-20(27)15-9-5-4-6-10-15;1-12-18(30-21(23-12)26-19(27)13-6-4-3-5-7-13)16-11-29-20(25-16)24-15-10-14(22)8-9-17(15)28-2;1-13-18(30-21(22-13)25-19(27)14-7-4-3-5-8-14)17-12-29-20(24-17)23-15-9-6-10-16(11-15)26(2)28;1-13-18(29-21(22-13)25-19(26)14-8-4-3-5-9-14)16-12-28-20(24-16)23-15-10-6-7-11-17(15)27-2/h3-12H,1-2H3,(H,24,25)(H,23,26,28);4-13H,3H2,1-2H3,(H,24,25)(H,23,26,27);3-11H,1-2H3,(H,24,25)(H,23,26,27);3-12H,2H2,1H3,(H,23,24)(H,22,25,27);3-12H,1-2H3,(H,23,24)(H,22,25,26). The van der Waals surface area contributed by atoms with Gasteiger partial charge in [-0.25, -0.2) is 49.8 Å². The smallest absolute Gasteiger partial charge is 0.257 e. The van der Waals surface area contributed by atoms with Crippen molar-refractivity contribution in [1.29, 1.82) is 0 Å². The van der Waals surface area contributed by atoms with Crippen LogP contribution in [0.1, 0.15) is 104 Å². The Kier molecular flexibility index (Phi) is 35.9. The highest BCUT2D eigenvalue weighted by Gasteiger charge is 2.25. The van der Waals surface area contributed by atoms with Crippen LogP contribution in [0.5, 0.6) is 17.2 Å². The number of aromatic nitrogens is 10. The van der Waals surface area contributed by atoms with Crippen LogP contribution >= 0.6 is 125 Å². The van der Waals surface area contributed by atoms with E-state index in [9.17, 15) is 34.0 Å². The molecule has 20 aromatic rings. The third kappa shape index (κ3) is 28.5. The summed E-state index contributed by atoms with van der Waals surface area (Å²) in [5.74, 6) is 1.30. The second kappa shape index (κ2) is 50.7. The van der Waals surface area contributed by atoms with Gasteiger partial charge in [-0.2, -0.15) is 4.74 Å². The number of halogens is 1. The van der Waals surface area contributed by atoms with Crippen molar-refractivity contribution in [2.75, 3.05) is 74.0 Å². The second-order valence-electron chi connectivity index (χ2n) is 31.6. The van der Waals surface area contributed by atoms with E-state index in [0.717, 1.165) is 132 Å². The maximum atomic E-state index is 12.4. The minimum atomic E-state index is -0.200. The van der Waals surface area contributed by atoms with Crippen LogP contribution < -0.4 is 67.4 Å². The van der Waals surface area contributed by atoms with Gasteiger partial charge in [0.15, 0.2) is 57.1 Å². The summed E-state index contributed by atoms with van der Waals surface area (Å²) in [7, 11) is 3.24. The Balaban J connectivity index is 0.000000133. The molecule has 0 atom stereocenters. The van der Waals surface area contributed by atoms with Crippen LogP contribution in [0, 0.1) is 39.8 Å². The molecule has 42 heteroatoms. The fourth-order valence-electron chi connectivity index (χ4n) is 13.9. The SMILES string of the molecule is C=[N+]([O-])c1cccc(Nc2nc(-c3sc(NC(=O)c4ccccc4)nc3C)cs2)c1.CC(=O)c1cccc(Nc2nc(-c3sc(NC(=O)c4ccccc4)nc3C)cs2)c1.CCOc1ccccc1Nc1nc(-c2sc(NC(=O)c3ccccc3)nc2C)cs1.COc1ccc(Cl)cc1Nc1nc(-c2sc(NC(=O)c3ccccc3)nc2C)cs1.COc1ccccc1Nc1nc(-c2sc(NC(=O)c3ccccc3)nc2C)cs1. The molecule has 10 aromatic heterocycles. The number of carbonyl (C=O) groups is 6. The Morgan fingerprint density at radius 3 is 0.906 bits per heavy atom. The molecule has 10 N–H and O–H groups in total. The molecular weight excluding hydrogens is 2100 g/mol. The summed E-state index contributed by atoms with van der Waals surface area (Å²) in [5.41, 5.74) is 16.1. The van der Waals surface area contributed by atoms with Gasteiger partial charge in [0.1, 0.15) is 24.0 Å². The highest BCUT2D eigenvalue weighted by atomic mass is 35.5. The Hall–Kier alpha value is -16.3. The number of rotatable bonds is 31. The number of hydrogen-bond donors (Lipinski definition) is 10. The summed E-state index contributed by atoms with van der Waals surface area (Å²) < 4.78 is 17.0. The monoisotopic (exact) mass is 2180 g/mol. The van der Waals surface area contributed by atoms with Gasteiger partial charge in [0.2, 0.25) is 5.69 Å².